The maximum atomic E-state index is 12.4. The Hall–Kier alpha value is -3.45. The van der Waals surface area contributed by atoms with Gasteiger partial charge in [-0.1, -0.05) is 28.9 Å². The number of ether oxygens (including phenoxy) is 1. The molecule has 0 aliphatic rings. The van der Waals surface area contributed by atoms with Crippen LogP contribution in [0.3, 0.4) is 0 Å². The molecule has 0 fully saturated rings. The van der Waals surface area contributed by atoms with Crippen molar-refractivity contribution in [2.24, 2.45) is 7.05 Å². The van der Waals surface area contributed by atoms with Crippen LogP contribution < -0.4 is 4.74 Å². The summed E-state index contributed by atoms with van der Waals surface area (Å²) in [5, 5.41) is 8.86. The van der Waals surface area contributed by atoms with Crippen LogP contribution in [0.5, 0.6) is 5.88 Å². The lowest BCUT2D eigenvalue weighted by atomic mass is 10.1. The fourth-order valence-electron chi connectivity index (χ4n) is 3.02. The number of ketones is 1. The van der Waals surface area contributed by atoms with Gasteiger partial charge in [0.15, 0.2) is 5.78 Å². The monoisotopic (exact) mass is 422 g/mol. The lowest BCUT2D eigenvalue weighted by Gasteiger charge is -2.07. The van der Waals surface area contributed by atoms with Gasteiger partial charge in [-0.25, -0.2) is 4.98 Å². The Bertz CT molecular complexity index is 1160. The standard InChI is InChI=1S/C22H19ClN4O3/c1-14-19(22(26-30-14)16-3-6-18(23)7-4-16)13-29-21-8-5-17(11-24-21)20(28)9-15-10-25-27(2)12-15/h3-8,10-12H,9,13H2,1-2H3. The van der Waals surface area contributed by atoms with E-state index in [1.165, 1.54) is 6.20 Å². The summed E-state index contributed by atoms with van der Waals surface area (Å²) in [5.41, 5.74) is 3.80. The van der Waals surface area contributed by atoms with E-state index in [9.17, 15) is 4.79 Å². The molecule has 0 unspecified atom stereocenters. The van der Waals surface area contributed by atoms with Crippen molar-refractivity contribution in [3.8, 4) is 17.1 Å². The van der Waals surface area contributed by atoms with E-state index in [4.69, 9.17) is 20.9 Å². The van der Waals surface area contributed by atoms with E-state index in [1.54, 1.807) is 35.1 Å². The van der Waals surface area contributed by atoms with Gasteiger partial charge < -0.3 is 9.26 Å². The minimum absolute atomic E-state index is 0.0260. The zero-order valence-electron chi connectivity index (χ0n) is 16.5. The van der Waals surface area contributed by atoms with E-state index >= 15 is 0 Å². The molecule has 0 atom stereocenters. The van der Waals surface area contributed by atoms with Crippen molar-refractivity contribution in [3.05, 3.63) is 82.5 Å². The van der Waals surface area contributed by atoms with Gasteiger partial charge in [-0.2, -0.15) is 5.10 Å². The molecule has 7 nitrogen and oxygen atoms in total. The summed E-state index contributed by atoms with van der Waals surface area (Å²) in [6, 6.07) is 10.7. The predicted octanol–water partition coefficient (Wildman–Crippen LogP) is 4.44. The molecular weight excluding hydrogens is 404 g/mol. The SMILES string of the molecule is Cc1onc(-c2ccc(Cl)cc2)c1COc1ccc(C(=O)Cc2cnn(C)c2)cn1. The third-order valence-corrected chi connectivity index (χ3v) is 4.90. The summed E-state index contributed by atoms with van der Waals surface area (Å²) >= 11 is 5.96. The highest BCUT2D eigenvalue weighted by Crippen LogP contribution is 2.27. The maximum Gasteiger partial charge on any atom is 0.213 e. The number of pyridine rings is 1. The fraction of sp³-hybridized carbons (Fsp3) is 0.182. The van der Waals surface area contributed by atoms with Crippen molar-refractivity contribution < 1.29 is 14.1 Å². The van der Waals surface area contributed by atoms with Crippen LogP contribution in [-0.4, -0.2) is 25.7 Å². The topological polar surface area (TPSA) is 83.0 Å². The molecule has 4 rings (SSSR count). The van der Waals surface area contributed by atoms with Crippen LogP contribution in [-0.2, 0) is 20.1 Å². The Labute approximate surface area is 178 Å². The second kappa shape index (κ2) is 8.51. The normalized spacial score (nSPS) is 10.9. The van der Waals surface area contributed by atoms with E-state index < -0.39 is 0 Å². The molecule has 0 saturated heterocycles. The first-order chi connectivity index (χ1) is 14.5. The van der Waals surface area contributed by atoms with Crippen LogP contribution in [0, 0.1) is 6.92 Å². The number of rotatable bonds is 7. The average molecular weight is 423 g/mol. The zero-order chi connectivity index (χ0) is 21.1. The fourth-order valence-corrected chi connectivity index (χ4v) is 3.15. The Morgan fingerprint density at radius 2 is 1.97 bits per heavy atom. The molecule has 1 aromatic carbocycles. The van der Waals surface area contributed by atoms with Gasteiger partial charge in [-0.15, -0.1) is 0 Å². The minimum atomic E-state index is -0.0260. The van der Waals surface area contributed by atoms with Crippen molar-refractivity contribution in [2.75, 3.05) is 0 Å². The number of carbonyl (C=O) groups excluding carboxylic acids is 1. The van der Waals surface area contributed by atoms with Gasteiger partial charge in [-0.05, 0) is 30.7 Å². The van der Waals surface area contributed by atoms with Crippen molar-refractivity contribution >= 4 is 17.4 Å². The number of nitrogens with zero attached hydrogens (tertiary/aromatic N) is 4. The second-order valence-corrected chi connectivity index (χ2v) is 7.31. The Morgan fingerprint density at radius 3 is 2.63 bits per heavy atom. The average Bonchev–Trinajstić information content (AvgIpc) is 3.32. The zero-order valence-corrected chi connectivity index (χ0v) is 17.3. The van der Waals surface area contributed by atoms with Gasteiger partial charge in [0, 0.05) is 48.1 Å². The van der Waals surface area contributed by atoms with E-state index in [-0.39, 0.29) is 18.8 Å². The third-order valence-electron chi connectivity index (χ3n) is 4.65. The quantitative estimate of drug-likeness (QED) is 0.409. The molecule has 0 amide bonds. The summed E-state index contributed by atoms with van der Waals surface area (Å²) in [4.78, 5) is 16.7. The number of benzene rings is 1. The minimum Gasteiger partial charge on any atom is -0.473 e. The number of hydrogen-bond donors (Lipinski definition) is 0. The molecule has 0 radical (unpaired) electrons. The highest BCUT2D eigenvalue weighted by Gasteiger charge is 2.16. The molecule has 152 valence electrons. The third kappa shape index (κ3) is 4.41. The summed E-state index contributed by atoms with van der Waals surface area (Å²) in [5.74, 6) is 1.06. The van der Waals surface area contributed by atoms with Gasteiger partial charge in [-0.3, -0.25) is 9.48 Å². The molecule has 3 heterocycles. The Kier molecular flexibility index (Phi) is 5.63. The molecule has 0 N–H and O–H groups in total. The first kappa shape index (κ1) is 19.8. The number of aryl methyl sites for hydroxylation is 2. The molecule has 0 spiro atoms. The van der Waals surface area contributed by atoms with Crippen LogP contribution >= 0.6 is 11.6 Å². The summed E-state index contributed by atoms with van der Waals surface area (Å²) in [6.07, 6.45) is 5.30. The molecule has 0 aliphatic carbocycles. The van der Waals surface area contributed by atoms with Gasteiger partial charge in [0.2, 0.25) is 5.88 Å². The van der Waals surface area contributed by atoms with Crippen molar-refractivity contribution in [1.29, 1.82) is 0 Å². The molecule has 3 aromatic heterocycles. The number of carbonyl (C=O) groups is 1. The molecule has 0 aliphatic heterocycles. The van der Waals surface area contributed by atoms with Crippen molar-refractivity contribution in [2.45, 2.75) is 20.0 Å². The molecule has 8 heteroatoms. The molecule has 0 saturated carbocycles. The first-order valence-corrected chi connectivity index (χ1v) is 9.68. The van der Waals surface area contributed by atoms with Gasteiger partial charge in [0.1, 0.15) is 18.1 Å². The molecule has 4 aromatic rings. The van der Waals surface area contributed by atoms with Gasteiger partial charge in [0.25, 0.3) is 0 Å². The van der Waals surface area contributed by atoms with Crippen LogP contribution in [0.25, 0.3) is 11.3 Å². The van der Waals surface area contributed by atoms with E-state index in [0.717, 1.165) is 16.7 Å². The summed E-state index contributed by atoms with van der Waals surface area (Å²) < 4.78 is 12.8. The lowest BCUT2D eigenvalue weighted by molar-refractivity contribution is 0.0992. The number of aromatic nitrogens is 4. The van der Waals surface area contributed by atoms with Gasteiger partial charge in [0.05, 0.1) is 11.8 Å². The van der Waals surface area contributed by atoms with Crippen LogP contribution in [0.1, 0.15) is 27.2 Å². The van der Waals surface area contributed by atoms with E-state index in [0.29, 0.717) is 27.9 Å². The largest absolute Gasteiger partial charge is 0.473 e. The van der Waals surface area contributed by atoms with E-state index in [2.05, 4.69) is 15.2 Å². The highest BCUT2D eigenvalue weighted by molar-refractivity contribution is 6.30. The highest BCUT2D eigenvalue weighted by atomic mass is 35.5. The summed E-state index contributed by atoms with van der Waals surface area (Å²) in [6.45, 7) is 2.07. The number of halogens is 1. The number of hydrogen-bond acceptors (Lipinski definition) is 6. The van der Waals surface area contributed by atoms with Crippen molar-refractivity contribution in [1.82, 2.24) is 19.9 Å². The first-order valence-electron chi connectivity index (χ1n) is 9.30. The van der Waals surface area contributed by atoms with Crippen LogP contribution in [0.4, 0.5) is 0 Å². The Morgan fingerprint density at radius 1 is 1.17 bits per heavy atom. The molecule has 0 bridgehead atoms. The van der Waals surface area contributed by atoms with Gasteiger partial charge >= 0.3 is 0 Å². The van der Waals surface area contributed by atoms with E-state index in [1.807, 2.05) is 32.3 Å². The van der Waals surface area contributed by atoms with Crippen LogP contribution in [0.15, 0.2) is 59.5 Å². The molecular formula is C22H19ClN4O3. The second-order valence-electron chi connectivity index (χ2n) is 6.87. The summed E-state index contributed by atoms with van der Waals surface area (Å²) in [7, 11) is 1.82. The maximum absolute atomic E-state index is 12.4. The van der Waals surface area contributed by atoms with Crippen molar-refractivity contribution in [3.63, 3.8) is 0 Å². The smallest absolute Gasteiger partial charge is 0.213 e. The number of Topliss-reactive ketones (excluding diaryl/α,β-unsaturated/α-hetero) is 1. The predicted molar refractivity (Wildman–Crippen MR) is 111 cm³/mol. The Balaban J connectivity index is 1.43. The lowest BCUT2D eigenvalue weighted by Crippen LogP contribution is -2.05. The molecule has 30 heavy (non-hydrogen) atoms. The van der Waals surface area contributed by atoms with Crippen LogP contribution in [0.2, 0.25) is 5.02 Å².